The van der Waals surface area contributed by atoms with Crippen LogP contribution in [0.25, 0.3) is 0 Å². The fraction of sp³-hybridized carbons (Fsp3) is 0.333. The molecule has 82 valence electrons. The van der Waals surface area contributed by atoms with Gasteiger partial charge in [-0.3, -0.25) is 4.31 Å². The van der Waals surface area contributed by atoms with Crippen LogP contribution < -0.4 is 4.31 Å². The summed E-state index contributed by atoms with van der Waals surface area (Å²) < 4.78 is 25.4. The van der Waals surface area contributed by atoms with Gasteiger partial charge in [-0.2, -0.15) is 0 Å². The Bertz CT molecular complexity index is 489. The highest BCUT2D eigenvalue weighted by Crippen LogP contribution is 2.30. The Morgan fingerprint density at radius 1 is 1.40 bits per heavy atom. The molecule has 6 heteroatoms. The molecule has 1 saturated heterocycles. The first-order valence-electron chi connectivity index (χ1n) is 4.46. The lowest BCUT2D eigenvalue weighted by molar-refractivity contribution is 0.599. The summed E-state index contributed by atoms with van der Waals surface area (Å²) in [6.07, 6.45) is 0.683. The average molecular weight is 311 g/mol. The first kappa shape index (κ1) is 11.2. The molecule has 0 unspecified atom stereocenters. The van der Waals surface area contributed by atoms with Crippen LogP contribution in [-0.4, -0.2) is 20.7 Å². The summed E-state index contributed by atoms with van der Waals surface area (Å²) in [5.41, 5.74) is 0.670. The van der Waals surface area contributed by atoms with Gasteiger partial charge in [-0.25, -0.2) is 8.42 Å². The summed E-state index contributed by atoms with van der Waals surface area (Å²) in [5, 5.41) is 0.579. The van der Waals surface area contributed by atoms with E-state index >= 15 is 0 Å². The van der Waals surface area contributed by atoms with Crippen LogP contribution in [0.3, 0.4) is 0 Å². The second-order valence-electron chi connectivity index (χ2n) is 3.34. The van der Waals surface area contributed by atoms with Crippen molar-refractivity contribution in [3.63, 3.8) is 0 Å². The smallest absolute Gasteiger partial charge is 0.235 e. The van der Waals surface area contributed by atoms with E-state index in [1.807, 2.05) is 0 Å². The molecule has 0 radical (unpaired) electrons. The molecular weight excluding hydrogens is 302 g/mol. The van der Waals surface area contributed by atoms with Gasteiger partial charge in [0.2, 0.25) is 10.0 Å². The third kappa shape index (κ3) is 2.14. The lowest BCUT2D eigenvalue weighted by atomic mass is 10.3. The largest absolute Gasteiger partial charge is 0.270 e. The number of rotatable bonds is 1. The van der Waals surface area contributed by atoms with Crippen molar-refractivity contribution in [3.05, 3.63) is 27.7 Å². The monoisotopic (exact) mass is 309 g/mol. The van der Waals surface area contributed by atoms with Crippen molar-refractivity contribution >= 4 is 43.2 Å². The van der Waals surface area contributed by atoms with Gasteiger partial charge in [0.1, 0.15) is 0 Å². The fourth-order valence-electron chi connectivity index (χ4n) is 1.57. The first-order chi connectivity index (χ1) is 7.00. The fourth-order valence-corrected chi connectivity index (χ4v) is 3.61. The van der Waals surface area contributed by atoms with Gasteiger partial charge in [-0.15, -0.1) is 0 Å². The Hall–Kier alpha value is -0.260. The number of benzene rings is 1. The molecule has 1 aromatic rings. The maximum absolute atomic E-state index is 11.6. The van der Waals surface area contributed by atoms with Crippen LogP contribution in [0.5, 0.6) is 0 Å². The topological polar surface area (TPSA) is 37.4 Å². The number of anilines is 1. The molecule has 0 aliphatic carbocycles. The molecule has 0 atom stereocenters. The second-order valence-corrected chi connectivity index (χ2v) is 6.61. The zero-order valence-corrected chi connectivity index (χ0v) is 10.9. The van der Waals surface area contributed by atoms with Crippen molar-refractivity contribution in [2.75, 3.05) is 16.6 Å². The highest BCUT2D eigenvalue weighted by Gasteiger charge is 2.28. The molecule has 0 saturated carbocycles. The molecule has 1 aliphatic heterocycles. The third-order valence-electron chi connectivity index (χ3n) is 2.29. The molecule has 1 heterocycles. The van der Waals surface area contributed by atoms with Crippen molar-refractivity contribution in [2.24, 2.45) is 0 Å². The summed E-state index contributed by atoms with van der Waals surface area (Å²) >= 11 is 9.12. The Labute approximate surface area is 102 Å². The molecule has 1 fully saturated rings. The van der Waals surface area contributed by atoms with E-state index in [-0.39, 0.29) is 5.75 Å². The summed E-state index contributed by atoms with van der Waals surface area (Å²) in [6, 6.07) is 5.13. The van der Waals surface area contributed by atoms with E-state index in [1.165, 1.54) is 4.31 Å². The SMILES string of the molecule is O=S1(=O)CCCN1c1ccc(Cl)c(Br)c1. The van der Waals surface area contributed by atoms with Crippen LogP contribution >= 0.6 is 27.5 Å². The molecule has 0 spiro atoms. The maximum Gasteiger partial charge on any atom is 0.235 e. The predicted octanol–water partition coefficient (Wildman–Crippen LogP) is 2.64. The number of hydrogen-bond donors (Lipinski definition) is 0. The Morgan fingerprint density at radius 3 is 2.67 bits per heavy atom. The summed E-state index contributed by atoms with van der Waals surface area (Å²) in [7, 11) is -3.10. The molecule has 0 bridgehead atoms. The van der Waals surface area contributed by atoms with Gasteiger partial charge in [0.05, 0.1) is 16.5 Å². The Kier molecular flexibility index (Phi) is 2.96. The van der Waals surface area contributed by atoms with Gasteiger partial charge in [0.15, 0.2) is 0 Å². The van der Waals surface area contributed by atoms with Crippen molar-refractivity contribution < 1.29 is 8.42 Å². The lowest BCUT2D eigenvalue weighted by Gasteiger charge is -2.17. The minimum atomic E-state index is -3.10. The van der Waals surface area contributed by atoms with Crippen LogP contribution in [0.2, 0.25) is 5.02 Å². The molecule has 15 heavy (non-hydrogen) atoms. The summed E-state index contributed by atoms with van der Waals surface area (Å²) in [6.45, 7) is 0.552. The molecule has 1 aromatic carbocycles. The maximum atomic E-state index is 11.6. The summed E-state index contributed by atoms with van der Waals surface area (Å²) in [5.74, 6) is 0.229. The second kappa shape index (κ2) is 3.96. The van der Waals surface area contributed by atoms with E-state index in [0.717, 1.165) is 0 Å². The first-order valence-corrected chi connectivity index (χ1v) is 7.24. The third-order valence-corrected chi connectivity index (χ3v) is 5.37. The standard InChI is InChI=1S/C9H9BrClNO2S/c10-8-6-7(2-3-9(8)11)12-4-1-5-15(12,13)14/h2-3,6H,1,4-5H2. The summed E-state index contributed by atoms with van der Waals surface area (Å²) in [4.78, 5) is 0. The minimum absolute atomic E-state index is 0.229. The van der Waals surface area contributed by atoms with Crippen molar-refractivity contribution in [1.29, 1.82) is 0 Å². The normalized spacial score (nSPS) is 19.5. The van der Waals surface area contributed by atoms with Crippen LogP contribution in [-0.2, 0) is 10.0 Å². The van der Waals surface area contributed by atoms with E-state index in [0.29, 0.717) is 28.1 Å². The zero-order chi connectivity index (χ0) is 11.1. The van der Waals surface area contributed by atoms with Gasteiger partial charge >= 0.3 is 0 Å². The zero-order valence-electron chi connectivity index (χ0n) is 7.78. The van der Waals surface area contributed by atoms with E-state index in [1.54, 1.807) is 18.2 Å². The number of sulfonamides is 1. The lowest BCUT2D eigenvalue weighted by Crippen LogP contribution is -2.24. The molecule has 0 amide bonds. The van der Waals surface area contributed by atoms with Crippen LogP contribution in [0.4, 0.5) is 5.69 Å². The Balaban J connectivity index is 2.42. The molecule has 0 aromatic heterocycles. The molecule has 0 N–H and O–H groups in total. The minimum Gasteiger partial charge on any atom is -0.270 e. The van der Waals surface area contributed by atoms with Gasteiger partial charge in [0.25, 0.3) is 0 Å². The van der Waals surface area contributed by atoms with E-state index in [4.69, 9.17) is 11.6 Å². The predicted molar refractivity (Wildman–Crippen MR) is 64.9 cm³/mol. The number of halogens is 2. The van der Waals surface area contributed by atoms with E-state index < -0.39 is 10.0 Å². The van der Waals surface area contributed by atoms with Gasteiger partial charge in [-0.05, 0) is 40.5 Å². The molecule has 2 rings (SSSR count). The van der Waals surface area contributed by atoms with Crippen LogP contribution in [0.15, 0.2) is 22.7 Å². The van der Waals surface area contributed by atoms with Gasteiger partial charge in [-0.1, -0.05) is 11.6 Å². The molecule has 3 nitrogen and oxygen atoms in total. The van der Waals surface area contributed by atoms with E-state index in [9.17, 15) is 8.42 Å². The van der Waals surface area contributed by atoms with Gasteiger partial charge < -0.3 is 0 Å². The van der Waals surface area contributed by atoms with Crippen molar-refractivity contribution in [2.45, 2.75) is 6.42 Å². The van der Waals surface area contributed by atoms with Crippen molar-refractivity contribution in [3.8, 4) is 0 Å². The molecule has 1 aliphatic rings. The number of hydrogen-bond acceptors (Lipinski definition) is 2. The highest BCUT2D eigenvalue weighted by molar-refractivity contribution is 9.10. The molecular formula is C9H9BrClNO2S. The highest BCUT2D eigenvalue weighted by atomic mass is 79.9. The van der Waals surface area contributed by atoms with Crippen LogP contribution in [0, 0.1) is 0 Å². The quantitative estimate of drug-likeness (QED) is 0.799. The van der Waals surface area contributed by atoms with Crippen molar-refractivity contribution in [1.82, 2.24) is 0 Å². The van der Waals surface area contributed by atoms with E-state index in [2.05, 4.69) is 15.9 Å². The van der Waals surface area contributed by atoms with Gasteiger partial charge in [0, 0.05) is 11.0 Å². The number of nitrogens with zero attached hydrogens (tertiary/aromatic N) is 1. The Morgan fingerprint density at radius 2 is 2.13 bits per heavy atom. The van der Waals surface area contributed by atoms with Crippen LogP contribution in [0.1, 0.15) is 6.42 Å². The average Bonchev–Trinajstić information content (AvgIpc) is 2.50.